The largest absolute Gasteiger partial charge is 0.390 e. The van der Waals surface area contributed by atoms with Crippen LogP contribution in [-0.4, -0.2) is 31.2 Å². The van der Waals surface area contributed by atoms with Gasteiger partial charge in [-0.1, -0.05) is 12.1 Å². The Labute approximate surface area is 116 Å². The Kier molecular flexibility index (Phi) is 5.95. The maximum Gasteiger partial charge on any atom is 0.390 e. The number of halogens is 4. The summed E-state index contributed by atoms with van der Waals surface area (Å²) in [4.78, 5) is 1.58. The Morgan fingerprint density at radius 1 is 1.25 bits per heavy atom. The lowest BCUT2D eigenvalue weighted by molar-refractivity contribution is -0.137. The van der Waals surface area contributed by atoms with E-state index in [0.29, 0.717) is 24.1 Å². The van der Waals surface area contributed by atoms with E-state index in [-0.39, 0.29) is 18.4 Å². The van der Waals surface area contributed by atoms with Crippen LogP contribution in [0.4, 0.5) is 17.6 Å². The Balaban J connectivity index is 2.42. The van der Waals surface area contributed by atoms with Gasteiger partial charge in [-0.05, 0) is 44.1 Å². The molecule has 2 nitrogen and oxygen atoms in total. The second kappa shape index (κ2) is 7.04. The second-order valence-corrected chi connectivity index (χ2v) is 5.07. The van der Waals surface area contributed by atoms with E-state index in [0.717, 1.165) is 0 Å². The number of benzene rings is 1. The predicted octanol–water partition coefficient (Wildman–Crippen LogP) is 3.41. The van der Waals surface area contributed by atoms with Crippen LogP contribution < -0.4 is 5.73 Å². The van der Waals surface area contributed by atoms with E-state index in [9.17, 15) is 17.6 Å². The molecule has 0 fully saturated rings. The lowest BCUT2D eigenvalue weighted by atomic mass is 10.0. The summed E-state index contributed by atoms with van der Waals surface area (Å²) in [5.41, 5.74) is 7.14. The highest BCUT2D eigenvalue weighted by molar-refractivity contribution is 5.25. The molecular weight excluding hydrogens is 272 g/mol. The first-order chi connectivity index (χ1) is 9.19. The molecule has 0 saturated carbocycles. The van der Waals surface area contributed by atoms with E-state index < -0.39 is 12.6 Å². The molecule has 0 amide bonds. The topological polar surface area (TPSA) is 29.3 Å². The van der Waals surface area contributed by atoms with E-state index in [1.807, 2.05) is 0 Å². The molecule has 6 heteroatoms. The first-order valence-electron chi connectivity index (χ1n) is 6.46. The zero-order valence-electron chi connectivity index (χ0n) is 11.7. The molecule has 0 heterocycles. The Hall–Kier alpha value is -1.14. The first-order valence-corrected chi connectivity index (χ1v) is 6.46. The van der Waals surface area contributed by atoms with Crippen LogP contribution in [0.1, 0.15) is 30.0 Å². The van der Waals surface area contributed by atoms with Gasteiger partial charge in [-0.2, -0.15) is 13.2 Å². The lowest BCUT2D eigenvalue weighted by Gasteiger charge is -2.20. The highest BCUT2D eigenvalue weighted by atomic mass is 19.4. The van der Waals surface area contributed by atoms with Crippen LogP contribution in [0.5, 0.6) is 0 Å². The van der Waals surface area contributed by atoms with Gasteiger partial charge >= 0.3 is 6.18 Å². The standard InChI is InChI=1S/C14H20F4N2/c1-10-3-4-11(9-12(10)15)13(19)5-7-20(2)8-6-14(16,17)18/h3-4,9,13H,5-8,19H2,1-2H3. The number of alkyl halides is 3. The van der Waals surface area contributed by atoms with E-state index in [2.05, 4.69) is 0 Å². The lowest BCUT2D eigenvalue weighted by Crippen LogP contribution is -2.27. The molecule has 2 N–H and O–H groups in total. The number of nitrogens with zero attached hydrogens (tertiary/aromatic N) is 1. The SMILES string of the molecule is Cc1ccc(C(N)CCN(C)CCC(F)(F)F)cc1F. The van der Waals surface area contributed by atoms with Gasteiger partial charge in [0.25, 0.3) is 0 Å². The zero-order chi connectivity index (χ0) is 15.3. The Morgan fingerprint density at radius 2 is 1.90 bits per heavy atom. The number of nitrogens with two attached hydrogens (primary N) is 1. The van der Waals surface area contributed by atoms with Crippen molar-refractivity contribution in [3.63, 3.8) is 0 Å². The molecule has 1 aromatic carbocycles. The van der Waals surface area contributed by atoms with Crippen molar-refractivity contribution >= 4 is 0 Å². The molecule has 0 aliphatic rings. The van der Waals surface area contributed by atoms with Crippen LogP contribution in [-0.2, 0) is 0 Å². The molecule has 0 radical (unpaired) electrons. The summed E-state index contributed by atoms with van der Waals surface area (Å²) in [5.74, 6) is -0.316. The zero-order valence-corrected chi connectivity index (χ0v) is 11.7. The summed E-state index contributed by atoms with van der Waals surface area (Å²) >= 11 is 0. The van der Waals surface area contributed by atoms with Crippen molar-refractivity contribution in [1.82, 2.24) is 4.90 Å². The van der Waals surface area contributed by atoms with Gasteiger partial charge in [-0.3, -0.25) is 0 Å². The van der Waals surface area contributed by atoms with Crippen LogP contribution in [0.2, 0.25) is 0 Å². The number of rotatable bonds is 6. The molecule has 1 atom stereocenters. The van der Waals surface area contributed by atoms with Crippen molar-refractivity contribution in [2.24, 2.45) is 5.73 Å². The highest BCUT2D eigenvalue weighted by Crippen LogP contribution is 2.20. The Morgan fingerprint density at radius 3 is 2.45 bits per heavy atom. The van der Waals surface area contributed by atoms with Gasteiger partial charge in [0, 0.05) is 12.6 Å². The van der Waals surface area contributed by atoms with Gasteiger partial charge in [0.15, 0.2) is 0 Å². The summed E-state index contributed by atoms with van der Waals surface area (Å²) in [6, 6.07) is 4.41. The van der Waals surface area contributed by atoms with Crippen LogP contribution in [0.3, 0.4) is 0 Å². The van der Waals surface area contributed by atoms with Crippen molar-refractivity contribution in [3.05, 3.63) is 35.1 Å². The van der Waals surface area contributed by atoms with Gasteiger partial charge in [0.1, 0.15) is 5.82 Å². The monoisotopic (exact) mass is 292 g/mol. The maximum absolute atomic E-state index is 13.4. The first kappa shape index (κ1) is 16.9. The molecule has 114 valence electrons. The normalized spacial score (nSPS) is 13.8. The van der Waals surface area contributed by atoms with Gasteiger partial charge < -0.3 is 10.6 Å². The average molecular weight is 292 g/mol. The molecule has 1 unspecified atom stereocenters. The van der Waals surface area contributed by atoms with E-state index in [1.54, 1.807) is 31.0 Å². The van der Waals surface area contributed by atoms with Crippen LogP contribution in [0.25, 0.3) is 0 Å². The fourth-order valence-electron chi connectivity index (χ4n) is 1.80. The third kappa shape index (κ3) is 5.88. The van der Waals surface area contributed by atoms with Crippen molar-refractivity contribution in [3.8, 4) is 0 Å². The fourth-order valence-corrected chi connectivity index (χ4v) is 1.80. The van der Waals surface area contributed by atoms with E-state index >= 15 is 0 Å². The second-order valence-electron chi connectivity index (χ2n) is 5.07. The van der Waals surface area contributed by atoms with Gasteiger partial charge in [0.2, 0.25) is 0 Å². The van der Waals surface area contributed by atoms with Crippen molar-refractivity contribution in [2.75, 3.05) is 20.1 Å². The van der Waals surface area contributed by atoms with Crippen LogP contribution in [0, 0.1) is 12.7 Å². The summed E-state index contributed by atoms with van der Waals surface area (Å²) in [7, 11) is 1.62. The summed E-state index contributed by atoms with van der Waals surface area (Å²) in [6.07, 6.45) is -4.49. The third-order valence-electron chi connectivity index (χ3n) is 3.22. The van der Waals surface area contributed by atoms with E-state index in [4.69, 9.17) is 5.73 Å². The van der Waals surface area contributed by atoms with Crippen molar-refractivity contribution in [1.29, 1.82) is 0 Å². The van der Waals surface area contributed by atoms with E-state index in [1.165, 1.54) is 6.07 Å². The molecule has 1 rings (SSSR count). The molecule has 0 aliphatic heterocycles. The Bertz CT molecular complexity index is 432. The minimum absolute atomic E-state index is 0.0571. The molecular formula is C14H20F4N2. The predicted molar refractivity (Wildman–Crippen MR) is 70.9 cm³/mol. The van der Waals surface area contributed by atoms with Crippen molar-refractivity contribution in [2.45, 2.75) is 32.0 Å². The van der Waals surface area contributed by atoms with Crippen LogP contribution >= 0.6 is 0 Å². The molecule has 0 saturated heterocycles. The molecule has 0 aromatic heterocycles. The smallest absolute Gasteiger partial charge is 0.324 e. The molecule has 0 spiro atoms. The highest BCUT2D eigenvalue weighted by Gasteiger charge is 2.27. The average Bonchev–Trinajstić information content (AvgIpc) is 2.36. The molecule has 1 aromatic rings. The quantitative estimate of drug-likeness (QED) is 0.814. The molecule has 0 aliphatic carbocycles. The molecule has 0 bridgehead atoms. The summed E-state index contributed by atoms with van der Waals surface area (Å²) in [6.45, 7) is 2.04. The van der Waals surface area contributed by atoms with Gasteiger partial charge in [-0.15, -0.1) is 0 Å². The molecule has 20 heavy (non-hydrogen) atoms. The van der Waals surface area contributed by atoms with Gasteiger partial charge in [0.05, 0.1) is 6.42 Å². The van der Waals surface area contributed by atoms with Crippen LogP contribution in [0.15, 0.2) is 18.2 Å². The minimum Gasteiger partial charge on any atom is -0.324 e. The van der Waals surface area contributed by atoms with Gasteiger partial charge in [-0.25, -0.2) is 4.39 Å². The maximum atomic E-state index is 13.4. The summed E-state index contributed by atoms with van der Waals surface area (Å²) < 4.78 is 49.6. The number of hydrogen-bond donors (Lipinski definition) is 1. The number of hydrogen-bond acceptors (Lipinski definition) is 2. The summed E-state index contributed by atoms with van der Waals surface area (Å²) in [5, 5.41) is 0. The fraction of sp³-hybridized carbons (Fsp3) is 0.571. The van der Waals surface area contributed by atoms with Crippen molar-refractivity contribution < 1.29 is 17.6 Å². The number of aryl methyl sites for hydroxylation is 1. The third-order valence-corrected chi connectivity index (χ3v) is 3.22. The minimum atomic E-state index is -4.14.